The maximum atomic E-state index is 13.2. The molecule has 8 heteroatoms. The monoisotopic (exact) mass is 361 g/mol. The first-order valence-corrected chi connectivity index (χ1v) is 8.51. The topological polar surface area (TPSA) is 81.6 Å². The summed E-state index contributed by atoms with van der Waals surface area (Å²) in [7, 11) is 1.62. The van der Waals surface area contributed by atoms with Gasteiger partial charge in [0.2, 0.25) is 6.17 Å². The third-order valence-corrected chi connectivity index (χ3v) is 5.00. The van der Waals surface area contributed by atoms with Gasteiger partial charge >= 0.3 is 11.4 Å². The molecule has 8 nitrogen and oxygen atoms in total. The molecule has 6 rings (SSSR count). The van der Waals surface area contributed by atoms with Crippen LogP contribution >= 0.6 is 0 Å². The van der Waals surface area contributed by atoms with Gasteiger partial charge in [0.05, 0.1) is 11.4 Å². The van der Waals surface area contributed by atoms with E-state index >= 15 is 0 Å². The third kappa shape index (κ3) is 1.97. The standard InChI is InChI=1S/C19H15N5O3/c1-21-16-14(12-8-4-2-5-9-12)20-15(17(21)25)23-18(26)22(19(27)24(16)23)13-10-6-3-7-11-13/h2-11,15-16H,1H3. The first kappa shape index (κ1) is 15.6. The van der Waals surface area contributed by atoms with Crippen molar-refractivity contribution in [3.8, 4) is 5.69 Å². The van der Waals surface area contributed by atoms with E-state index in [4.69, 9.17) is 0 Å². The molecule has 2 unspecified atom stereocenters. The molecule has 4 heterocycles. The molecule has 0 saturated heterocycles. The summed E-state index contributed by atoms with van der Waals surface area (Å²) in [5, 5.41) is 0. The molecule has 0 aliphatic carbocycles. The molecule has 1 aromatic heterocycles. The zero-order valence-corrected chi connectivity index (χ0v) is 14.4. The first-order valence-electron chi connectivity index (χ1n) is 8.51. The van der Waals surface area contributed by atoms with Crippen LogP contribution in [0.25, 0.3) is 5.69 Å². The number of aliphatic imine (C=N–C) groups is 1. The summed E-state index contributed by atoms with van der Waals surface area (Å²) in [6.45, 7) is 0. The summed E-state index contributed by atoms with van der Waals surface area (Å²) >= 11 is 0. The van der Waals surface area contributed by atoms with Gasteiger partial charge in [-0.15, -0.1) is 0 Å². The quantitative estimate of drug-likeness (QED) is 0.676. The van der Waals surface area contributed by atoms with E-state index in [-0.39, 0.29) is 5.91 Å². The number of carbonyl (C=O) groups excluding carboxylic acids is 1. The number of hydrogen-bond donors (Lipinski definition) is 0. The molecule has 134 valence electrons. The molecule has 3 aliphatic heterocycles. The van der Waals surface area contributed by atoms with Crippen molar-refractivity contribution in [1.29, 1.82) is 0 Å². The molecule has 2 atom stereocenters. The Morgan fingerprint density at radius 2 is 1.41 bits per heavy atom. The van der Waals surface area contributed by atoms with E-state index < -0.39 is 23.7 Å². The second kappa shape index (κ2) is 5.41. The van der Waals surface area contributed by atoms with Crippen molar-refractivity contribution in [2.75, 3.05) is 7.05 Å². The number of likely N-dealkylation sites (N-methyl/N-ethyl adjacent to an activating group) is 1. The Labute approximate surface area is 153 Å². The van der Waals surface area contributed by atoms with E-state index in [1.165, 1.54) is 9.58 Å². The van der Waals surface area contributed by atoms with Crippen LogP contribution in [0.4, 0.5) is 0 Å². The number of nitrogens with zero attached hydrogens (tertiary/aromatic N) is 5. The largest absolute Gasteiger partial charge is 0.354 e. The van der Waals surface area contributed by atoms with E-state index in [1.807, 2.05) is 30.3 Å². The van der Waals surface area contributed by atoms with Gasteiger partial charge in [-0.25, -0.2) is 19.1 Å². The lowest BCUT2D eigenvalue weighted by molar-refractivity contribution is -0.142. The van der Waals surface area contributed by atoms with E-state index in [2.05, 4.69) is 4.99 Å². The van der Waals surface area contributed by atoms with Crippen molar-refractivity contribution in [3.05, 3.63) is 87.2 Å². The Balaban J connectivity index is 1.79. The van der Waals surface area contributed by atoms with Gasteiger partial charge in [0.25, 0.3) is 5.91 Å². The van der Waals surface area contributed by atoms with Crippen molar-refractivity contribution in [2.45, 2.75) is 12.3 Å². The van der Waals surface area contributed by atoms with Gasteiger partial charge in [0.1, 0.15) is 0 Å². The number of para-hydroxylation sites is 1. The fourth-order valence-corrected chi connectivity index (χ4v) is 3.73. The minimum Gasteiger partial charge on any atom is -0.315 e. The van der Waals surface area contributed by atoms with Gasteiger partial charge in [-0.1, -0.05) is 48.5 Å². The fourth-order valence-electron chi connectivity index (χ4n) is 3.73. The molecule has 0 saturated carbocycles. The average molecular weight is 361 g/mol. The first-order chi connectivity index (χ1) is 13.1. The molecule has 3 aromatic rings. The SMILES string of the molecule is CN1C(=O)C2N=C(c3ccccc3)C1n1c(=O)n(-c3ccccc3)c(=O)n12. The molecule has 0 spiro atoms. The van der Waals surface area contributed by atoms with Gasteiger partial charge in [-0.05, 0) is 17.7 Å². The van der Waals surface area contributed by atoms with E-state index in [9.17, 15) is 14.4 Å². The molecular formula is C19H15N5O3. The van der Waals surface area contributed by atoms with Crippen molar-refractivity contribution in [2.24, 2.45) is 4.99 Å². The molecule has 27 heavy (non-hydrogen) atoms. The van der Waals surface area contributed by atoms with E-state index in [0.29, 0.717) is 11.4 Å². The highest BCUT2D eigenvalue weighted by atomic mass is 16.2. The highest BCUT2D eigenvalue weighted by Gasteiger charge is 2.48. The second-order valence-corrected chi connectivity index (χ2v) is 6.50. The second-order valence-electron chi connectivity index (χ2n) is 6.50. The van der Waals surface area contributed by atoms with Crippen LogP contribution in [0.2, 0.25) is 0 Å². The fraction of sp³-hybridized carbons (Fsp3) is 0.158. The molecule has 1 amide bonds. The smallest absolute Gasteiger partial charge is 0.315 e. The van der Waals surface area contributed by atoms with Crippen molar-refractivity contribution < 1.29 is 4.79 Å². The van der Waals surface area contributed by atoms with E-state index in [0.717, 1.165) is 14.8 Å². The highest BCUT2D eigenvalue weighted by molar-refractivity contribution is 6.08. The number of carbonyl (C=O) groups is 1. The Morgan fingerprint density at radius 1 is 0.815 bits per heavy atom. The summed E-state index contributed by atoms with van der Waals surface area (Å²) in [6.07, 6.45) is -1.85. The number of hydrogen-bond acceptors (Lipinski definition) is 4. The minimum atomic E-state index is -1.08. The van der Waals surface area contributed by atoms with Gasteiger partial charge < -0.3 is 4.90 Å². The third-order valence-electron chi connectivity index (χ3n) is 5.00. The molecule has 0 fully saturated rings. The maximum Gasteiger partial charge on any atom is 0.354 e. The number of aromatic nitrogens is 3. The number of amides is 1. The number of benzene rings is 2. The van der Waals surface area contributed by atoms with Crippen molar-refractivity contribution in [1.82, 2.24) is 18.8 Å². The summed E-state index contributed by atoms with van der Waals surface area (Å²) in [5.41, 5.74) is 0.792. The lowest BCUT2D eigenvalue weighted by atomic mass is 10.0. The van der Waals surface area contributed by atoms with Crippen molar-refractivity contribution >= 4 is 11.6 Å². The summed E-state index contributed by atoms with van der Waals surface area (Å²) in [4.78, 5) is 44.8. The number of fused-ring (bicyclic) bond motifs is 1. The zero-order valence-electron chi connectivity index (χ0n) is 14.4. The van der Waals surface area contributed by atoms with Gasteiger partial charge in [-0.2, -0.15) is 9.36 Å². The molecule has 3 aliphatic rings. The van der Waals surface area contributed by atoms with Gasteiger partial charge in [-0.3, -0.25) is 4.79 Å². The van der Waals surface area contributed by atoms with Crippen LogP contribution in [-0.4, -0.2) is 37.5 Å². The maximum absolute atomic E-state index is 13.2. The van der Waals surface area contributed by atoms with Crippen LogP contribution in [0, 0.1) is 0 Å². The van der Waals surface area contributed by atoms with Crippen LogP contribution in [0.15, 0.2) is 75.2 Å². The van der Waals surface area contributed by atoms with Crippen LogP contribution in [-0.2, 0) is 4.79 Å². The summed E-state index contributed by atoms with van der Waals surface area (Å²) in [6, 6.07) is 18.0. The predicted octanol–water partition coefficient (Wildman–Crippen LogP) is 0.773. The van der Waals surface area contributed by atoms with Crippen molar-refractivity contribution in [3.63, 3.8) is 0 Å². The normalized spacial score (nSPS) is 20.6. The van der Waals surface area contributed by atoms with E-state index in [1.54, 1.807) is 37.4 Å². The lowest BCUT2D eigenvalue weighted by Gasteiger charge is -2.42. The van der Waals surface area contributed by atoms with Crippen LogP contribution < -0.4 is 11.4 Å². The Morgan fingerprint density at radius 3 is 2.07 bits per heavy atom. The summed E-state index contributed by atoms with van der Waals surface area (Å²) in [5.74, 6) is -0.313. The molecule has 2 bridgehead atoms. The van der Waals surface area contributed by atoms with Gasteiger partial charge in [0.15, 0.2) is 6.17 Å². The molecule has 0 radical (unpaired) electrons. The minimum absolute atomic E-state index is 0.313. The summed E-state index contributed by atoms with van der Waals surface area (Å²) < 4.78 is 3.57. The lowest BCUT2D eigenvalue weighted by Crippen LogP contribution is -2.58. The van der Waals surface area contributed by atoms with Crippen LogP contribution in [0.5, 0.6) is 0 Å². The predicted molar refractivity (Wildman–Crippen MR) is 98.1 cm³/mol. The number of rotatable bonds is 2. The molecule has 0 N–H and O–H groups in total. The average Bonchev–Trinajstić information content (AvgIpc) is 2.98. The Hall–Kier alpha value is -3.68. The highest BCUT2D eigenvalue weighted by Crippen LogP contribution is 2.33. The van der Waals surface area contributed by atoms with Gasteiger partial charge in [0, 0.05) is 7.05 Å². The molecule has 2 aromatic carbocycles. The molecular weight excluding hydrogens is 346 g/mol. The Kier molecular flexibility index (Phi) is 3.12. The Bertz CT molecular complexity index is 1200. The van der Waals surface area contributed by atoms with Crippen LogP contribution in [0.1, 0.15) is 17.9 Å². The van der Waals surface area contributed by atoms with Crippen LogP contribution in [0.3, 0.4) is 0 Å². The zero-order chi connectivity index (χ0) is 18.7.